The lowest BCUT2D eigenvalue weighted by Gasteiger charge is -2.09. The van der Waals surface area contributed by atoms with Gasteiger partial charge in [0, 0.05) is 23.2 Å². The molecule has 3 rings (SSSR count). The number of benzene rings is 2. The van der Waals surface area contributed by atoms with Gasteiger partial charge in [0.05, 0.1) is 17.1 Å². The second-order valence-electron chi connectivity index (χ2n) is 6.00. The normalized spacial score (nSPS) is 11.5. The minimum absolute atomic E-state index is 0.0488. The molecule has 0 amide bonds. The number of aromatic nitrogens is 2. The van der Waals surface area contributed by atoms with Gasteiger partial charge in [-0.25, -0.2) is 17.8 Å². The molecule has 2 aromatic carbocycles. The molecule has 0 saturated carbocycles. The van der Waals surface area contributed by atoms with Gasteiger partial charge in [0.25, 0.3) is 5.56 Å². The van der Waals surface area contributed by atoms with Crippen molar-refractivity contribution in [3.05, 3.63) is 81.6 Å². The summed E-state index contributed by atoms with van der Waals surface area (Å²) in [5.74, 6) is 0. The highest BCUT2D eigenvalue weighted by Crippen LogP contribution is 2.18. The van der Waals surface area contributed by atoms with E-state index in [-0.39, 0.29) is 23.5 Å². The van der Waals surface area contributed by atoms with Crippen LogP contribution in [0.1, 0.15) is 5.56 Å². The minimum Gasteiger partial charge on any atom is -0.268 e. The predicted molar refractivity (Wildman–Crippen MR) is 105 cm³/mol. The lowest BCUT2D eigenvalue weighted by molar-refractivity contribution is 0.549. The van der Waals surface area contributed by atoms with Crippen LogP contribution in [0.2, 0.25) is 5.02 Å². The largest absolute Gasteiger partial charge is 0.268 e. The standard InChI is InChI=1S/C19H18ClN3O3S/c1-14-2-8-17(9-3-14)27(25,26)21-12-13-23-19(24)11-10-18(22-23)15-4-6-16(20)7-5-15/h2-11,21H,12-13H2,1H3. The third kappa shape index (κ3) is 4.82. The Bertz CT molecular complexity index is 1090. The Morgan fingerprint density at radius 2 is 1.67 bits per heavy atom. The molecule has 3 aromatic rings. The Hall–Kier alpha value is -2.48. The lowest BCUT2D eigenvalue weighted by atomic mass is 10.1. The van der Waals surface area contributed by atoms with E-state index in [4.69, 9.17) is 11.6 Å². The number of nitrogens with one attached hydrogen (secondary N) is 1. The third-order valence-corrected chi connectivity index (χ3v) is 5.68. The lowest BCUT2D eigenvalue weighted by Crippen LogP contribution is -2.32. The van der Waals surface area contributed by atoms with Crippen LogP contribution in [0.25, 0.3) is 11.3 Å². The molecule has 0 aliphatic heterocycles. The van der Waals surface area contributed by atoms with Gasteiger partial charge in [-0.15, -0.1) is 0 Å². The van der Waals surface area contributed by atoms with Gasteiger partial charge in [-0.2, -0.15) is 5.10 Å². The minimum atomic E-state index is -3.63. The molecule has 0 radical (unpaired) electrons. The van der Waals surface area contributed by atoms with E-state index in [1.54, 1.807) is 54.6 Å². The first kappa shape index (κ1) is 19.3. The summed E-state index contributed by atoms with van der Waals surface area (Å²) in [6, 6.07) is 16.7. The highest BCUT2D eigenvalue weighted by Gasteiger charge is 2.13. The Labute approximate surface area is 162 Å². The van der Waals surface area contributed by atoms with E-state index >= 15 is 0 Å². The number of hydrogen-bond acceptors (Lipinski definition) is 4. The molecular weight excluding hydrogens is 386 g/mol. The van der Waals surface area contributed by atoms with Gasteiger partial charge in [-0.3, -0.25) is 4.79 Å². The van der Waals surface area contributed by atoms with Crippen molar-refractivity contribution in [2.75, 3.05) is 6.54 Å². The Balaban J connectivity index is 1.72. The van der Waals surface area contributed by atoms with E-state index in [1.165, 1.54) is 10.7 Å². The molecule has 0 bridgehead atoms. The van der Waals surface area contributed by atoms with E-state index in [9.17, 15) is 13.2 Å². The zero-order valence-corrected chi connectivity index (χ0v) is 16.2. The fourth-order valence-electron chi connectivity index (χ4n) is 2.47. The van der Waals surface area contributed by atoms with E-state index < -0.39 is 10.0 Å². The van der Waals surface area contributed by atoms with Gasteiger partial charge < -0.3 is 0 Å². The second kappa shape index (κ2) is 8.04. The molecule has 1 heterocycles. The van der Waals surface area contributed by atoms with Crippen molar-refractivity contribution in [3.63, 3.8) is 0 Å². The Morgan fingerprint density at radius 1 is 1.00 bits per heavy atom. The van der Waals surface area contributed by atoms with Crippen LogP contribution in [-0.2, 0) is 16.6 Å². The summed E-state index contributed by atoms with van der Waals surface area (Å²) in [4.78, 5) is 12.2. The average molecular weight is 404 g/mol. The van der Waals surface area contributed by atoms with Gasteiger partial charge >= 0.3 is 0 Å². The maximum Gasteiger partial charge on any atom is 0.266 e. The highest BCUT2D eigenvalue weighted by atomic mass is 35.5. The van der Waals surface area contributed by atoms with E-state index in [0.29, 0.717) is 10.7 Å². The molecular formula is C19H18ClN3O3S. The molecule has 0 spiro atoms. The number of halogens is 1. The van der Waals surface area contributed by atoms with E-state index in [1.807, 2.05) is 6.92 Å². The van der Waals surface area contributed by atoms with Crippen molar-refractivity contribution in [2.45, 2.75) is 18.4 Å². The van der Waals surface area contributed by atoms with Crippen LogP contribution in [0.4, 0.5) is 0 Å². The average Bonchev–Trinajstić information content (AvgIpc) is 2.64. The smallest absolute Gasteiger partial charge is 0.266 e. The zero-order valence-electron chi connectivity index (χ0n) is 14.6. The third-order valence-electron chi connectivity index (χ3n) is 3.95. The molecule has 0 aliphatic rings. The summed E-state index contributed by atoms with van der Waals surface area (Å²) in [6.45, 7) is 2.05. The fourth-order valence-corrected chi connectivity index (χ4v) is 3.62. The molecule has 0 fully saturated rings. The molecule has 0 atom stereocenters. The van der Waals surface area contributed by atoms with Crippen molar-refractivity contribution in [3.8, 4) is 11.3 Å². The number of aryl methyl sites for hydroxylation is 1. The molecule has 140 valence electrons. The summed E-state index contributed by atoms with van der Waals surface area (Å²) in [5, 5.41) is 4.91. The van der Waals surface area contributed by atoms with Crippen LogP contribution in [0.5, 0.6) is 0 Å². The van der Waals surface area contributed by atoms with Crippen molar-refractivity contribution in [2.24, 2.45) is 0 Å². The molecule has 27 heavy (non-hydrogen) atoms. The fraction of sp³-hybridized carbons (Fsp3) is 0.158. The van der Waals surface area contributed by atoms with Gasteiger partial charge in [-0.05, 0) is 37.3 Å². The quantitative estimate of drug-likeness (QED) is 0.686. The molecule has 0 saturated heterocycles. The van der Waals surface area contributed by atoms with Crippen molar-refractivity contribution in [1.29, 1.82) is 0 Å². The maximum atomic E-state index is 12.3. The van der Waals surface area contributed by atoms with Gasteiger partial charge in [0.2, 0.25) is 10.0 Å². The van der Waals surface area contributed by atoms with Crippen LogP contribution < -0.4 is 10.3 Å². The summed E-state index contributed by atoms with van der Waals surface area (Å²) >= 11 is 5.89. The summed E-state index contributed by atoms with van der Waals surface area (Å²) in [7, 11) is -3.63. The molecule has 1 aromatic heterocycles. The number of sulfonamides is 1. The number of rotatable bonds is 6. The van der Waals surface area contributed by atoms with E-state index in [0.717, 1.165) is 11.1 Å². The molecule has 1 N–H and O–H groups in total. The van der Waals surface area contributed by atoms with Gasteiger partial charge in [-0.1, -0.05) is 41.4 Å². The van der Waals surface area contributed by atoms with Crippen LogP contribution in [0.3, 0.4) is 0 Å². The predicted octanol–water partition coefficient (Wildman–Crippen LogP) is 2.85. The van der Waals surface area contributed by atoms with Gasteiger partial charge in [0.15, 0.2) is 0 Å². The molecule has 8 heteroatoms. The highest BCUT2D eigenvalue weighted by molar-refractivity contribution is 7.89. The van der Waals surface area contributed by atoms with Crippen molar-refractivity contribution >= 4 is 21.6 Å². The molecule has 6 nitrogen and oxygen atoms in total. The zero-order chi connectivity index (χ0) is 19.4. The second-order valence-corrected chi connectivity index (χ2v) is 8.20. The number of hydrogen-bond donors (Lipinski definition) is 1. The topological polar surface area (TPSA) is 81.1 Å². The van der Waals surface area contributed by atoms with Crippen LogP contribution in [-0.4, -0.2) is 24.7 Å². The summed E-state index contributed by atoms with van der Waals surface area (Å²) < 4.78 is 28.3. The SMILES string of the molecule is Cc1ccc(S(=O)(=O)NCCn2nc(-c3ccc(Cl)cc3)ccc2=O)cc1. The first-order chi connectivity index (χ1) is 12.8. The first-order valence-electron chi connectivity index (χ1n) is 8.26. The Morgan fingerprint density at radius 3 is 2.33 bits per heavy atom. The Kier molecular flexibility index (Phi) is 5.74. The van der Waals surface area contributed by atoms with Crippen LogP contribution in [0.15, 0.2) is 70.4 Å². The van der Waals surface area contributed by atoms with Crippen molar-refractivity contribution in [1.82, 2.24) is 14.5 Å². The van der Waals surface area contributed by atoms with Crippen LogP contribution >= 0.6 is 11.6 Å². The molecule has 0 aliphatic carbocycles. The first-order valence-corrected chi connectivity index (χ1v) is 10.1. The van der Waals surface area contributed by atoms with E-state index in [2.05, 4.69) is 9.82 Å². The van der Waals surface area contributed by atoms with Crippen molar-refractivity contribution < 1.29 is 8.42 Å². The number of nitrogens with zero attached hydrogens (tertiary/aromatic N) is 2. The monoisotopic (exact) mass is 403 g/mol. The summed E-state index contributed by atoms with van der Waals surface area (Å²) in [6.07, 6.45) is 0. The van der Waals surface area contributed by atoms with Crippen LogP contribution in [0, 0.1) is 6.92 Å². The maximum absolute atomic E-state index is 12.3. The molecule has 0 unspecified atom stereocenters. The summed E-state index contributed by atoms with van der Waals surface area (Å²) in [5.41, 5.74) is 2.09. The van der Waals surface area contributed by atoms with Gasteiger partial charge in [0.1, 0.15) is 0 Å².